The summed E-state index contributed by atoms with van der Waals surface area (Å²) in [6, 6.07) is 0. The van der Waals surface area contributed by atoms with Crippen LogP contribution in [0.2, 0.25) is 0 Å². The molecule has 0 bridgehead atoms. The third-order valence-electron chi connectivity index (χ3n) is 1.01. The molecule has 0 aromatic rings. The van der Waals surface area contributed by atoms with Gasteiger partial charge in [0.25, 0.3) is 5.91 Å². The van der Waals surface area contributed by atoms with Crippen molar-refractivity contribution in [3.63, 3.8) is 0 Å². The van der Waals surface area contributed by atoms with Crippen molar-refractivity contribution in [2.75, 3.05) is 13.6 Å². The van der Waals surface area contributed by atoms with Gasteiger partial charge in [0.15, 0.2) is 0 Å². The topological polar surface area (TPSA) is 40.5 Å². The van der Waals surface area contributed by atoms with Crippen LogP contribution < -0.4 is 0 Å². The first-order valence-electron chi connectivity index (χ1n) is 2.97. The molecule has 1 amide bonds. The Hall–Kier alpha value is -1.01. The molecule has 0 aliphatic carbocycles. The normalized spacial score (nSPS) is 11.8. The van der Waals surface area contributed by atoms with Crippen LogP contribution >= 0.6 is 0 Å². The van der Waals surface area contributed by atoms with Crippen molar-refractivity contribution < 1.29 is 9.90 Å². The van der Waals surface area contributed by atoms with Gasteiger partial charge in [-0.05, 0) is 12.8 Å². The number of carbonyl (C=O) groups is 1. The van der Waals surface area contributed by atoms with E-state index in [9.17, 15) is 4.79 Å². The van der Waals surface area contributed by atoms with Crippen LogP contribution in [0.25, 0.3) is 0 Å². The molecule has 0 aromatic carbocycles. The lowest BCUT2D eigenvalue weighted by molar-refractivity contribution is -0.124. The summed E-state index contributed by atoms with van der Waals surface area (Å²) >= 11 is 0. The Morgan fingerprint density at radius 3 is 2.70 bits per heavy atom. The second-order valence-electron chi connectivity index (χ2n) is 2.18. The molecule has 0 radical (unpaired) electrons. The van der Waals surface area contributed by atoms with E-state index in [2.05, 4.69) is 0 Å². The zero-order valence-corrected chi connectivity index (χ0v) is 6.16. The minimum Gasteiger partial charge on any atom is -0.392 e. The van der Waals surface area contributed by atoms with Crippen molar-refractivity contribution in [1.29, 1.82) is 0 Å². The van der Waals surface area contributed by atoms with Crippen molar-refractivity contribution in [3.05, 3.63) is 0 Å². The van der Waals surface area contributed by atoms with E-state index in [1.807, 2.05) is 5.92 Å². The molecule has 0 heterocycles. The van der Waals surface area contributed by atoms with E-state index in [1.54, 1.807) is 14.0 Å². The van der Waals surface area contributed by atoms with Gasteiger partial charge in [0.2, 0.25) is 0 Å². The first-order chi connectivity index (χ1) is 4.57. The Labute approximate surface area is 60.6 Å². The number of aliphatic hydroxyl groups excluding tert-OH is 1. The van der Waals surface area contributed by atoms with E-state index in [-0.39, 0.29) is 6.54 Å². The highest BCUT2D eigenvalue weighted by Crippen LogP contribution is 1.87. The summed E-state index contributed by atoms with van der Waals surface area (Å²) in [6.45, 7) is 1.88. The highest BCUT2D eigenvalue weighted by molar-refractivity contribution is 5.92. The lowest BCUT2D eigenvalue weighted by Gasteiger charge is -2.14. The zero-order chi connectivity index (χ0) is 8.15. The van der Waals surface area contributed by atoms with Gasteiger partial charge in [-0.3, -0.25) is 4.79 Å². The van der Waals surface area contributed by atoms with Crippen molar-refractivity contribution >= 4 is 5.91 Å². The standard InChI is InChI=1S/C7H11NO2/c1-4-7(10)8(3)5-6(2)9/h1,6,9H,5H2,2-3H3/t6-/m1/s1. The lowest BCUT2D eigenvalue weighted by atomic mass is 10.4. The Bertz CT molecular complexity index is 157. The van der Waals surface area contributed by atoms with Gasteiger partial charge in [0.05, 0.1) is 6.10 Å². The van der Waals surface area contributed by atoms with Gasteiger partial charge >= 0.3 is 0 Å². The monoisotopic (exact) mass is 141 g/mol. The number of carbonyl (C=O) groups excluding carboxylic acids is 1. The molecular weight excluding hydrogens is 130 g/mol. The van der Waals surface area contributed by atoms with E-state index >= 15 is 0 Å². The van der Waals surface area contributed by atoms with Gasteiger partial charge in [-0.1, -0.05) is 0 Å². The van der Waals surface area contributed by atoms with Gasteiger partial charge in [-0.15, -0.1) is 6.42 Å². The van der Waals surface area contributed by atoms with Crippen LogP contribution in [0.3, 0.4) is 0 Å². The molecule has 10 heavy (non-hydrogen) atoms. The van der Waals surface area contributed by atoms with E-state index in [1.165, 1.54) is 4.90 Å². The van der Waals surface area contributed by atoms with Crippen molar-refractivity contribution in [1.82, 2.24) is 4.90 Å². The fraction of sp³-hybridized carbons (Fsp3) is 0.571. The maximum absolute atomic E-state index is 10.6. The molecule has 0 rings (SSSR count). The smallest absolute Gasteiger partial charge is 0.298 e. The fourth-order valence-corrected chi connectivity index (χ4v) is 0.589. The summed E-state index contributed by atoms with van der Waals surface area (Å²) in [5.41, 5.74) is 0. The van der Waals surface area contributed by atoms with Crippen LogP contribution in [-0.2, 0) is 4.79 Å². The molecule has 1 N–H and O–H groups in total. The molecule has 0 saturated heterocycles. The number of amides is 1. The Balaban J connectivity index is 3.76. The van der Waals surface area contributed by atoms with Gasteiger partial charge in [-0.2, -0.15) is 0 Å². The predicted molar refractivity (Wildman–Crippen MR) is 38.2 cm³/mol. The van der Waals surface area contributed by atoms with E-state index in [0.717, 1.165) is 0 Å². The molecule has 0 aliphatic rings. The number of nitrogens with zero attached hydrogens (tertiary/aromatic N) is 1. The largest absolute Gasteiger partial charge is 0.392 e. The van der Waals surface area contributed by atoms with Gasteiger partial charge in [-0.25, -0.2) is 0 Å². The summed E-state index contributed by atoms with van der Waals surface area (Å²) in [5, 5.41) is 8.80. The fourth-order valence-electron chi connectivity index (χ4n) is 0.589. The van der Waals surface area contributed by atoms with Crippen LogP contribution in [-0.4, -0.2) is 35.6 Å². The first-order valence-corrected chi connectivity index (χ1v) is 2.97. The maximum atomic E-state index is 10.6. The van der Waals surface area contributed by atoms with E-state index in [0.29, 0.717) is 0 Å². The number of likely N-dealkylation sites (N-methyl/N-ethyl adjacent to an activating group) is 1. The quantitative estimate of drug-likeness (QED) is 0.525. The number of rotatable bonds is 2. The molecule has 0 saturated carbocycles. The molecular formula is C7H11NO2. The first kappa shape index (κ1) is 8.99. The SMILES string of the molecule is C#CC(=O)N(C)C[C@@H](C)O. The molecule has 0 spiro atoms. The predicted octanol–water partition coefficient (Wildman–Crippen LogP) is -0.541. The second kappa shape index (κ2) is 3.91. The molecule has 0 aromatic heterocycles. The molecule has 0 unspecified atom stereocenters. The van der Waals surface area contributed by atoms with Crippen LogP contribution in [0.5, 0.6) is 0 Å². The zero-order valence-electron chi connectivity index (χ0n) is 6.16. The highest BCUT2D eigenvalue weighted by Gasteiger charge is 2.06. The lowest BCUT2D eigenvalue weighted by Crippen LogP contribution is -2.31. The number of aliphatic hydroxyl groups is 1. The van der Waals surface area contributed by atoms with Crippen molar-refractivity contribution in [2.45, 2.75) is 13.0 Å². The summed E-state index contributed by atoms with van der Waals surface area (Å²) in [5.74, 6) is 1.54. The molecule has 1 atom stereocenters. The van der Waals surface area contributed by atoms with Crippen LogP contribution in [0.1, 0.15) is 6.92 Å². The van der Waals surface area contributed by atoms with Gasteiger partial charge in [0, 0.05) is 13.6 Å². The van der Waals surface area contributed by atoms with E-state index < -0.39 is 12.0 Å². The third-order valence-corrected chi connectivity index (χ3v) is 1.01. The maximum Gasteiger partial charge on any atom is 0.298 e. The average molecular weight is 141 g/mol. The molecule has 0 fully saturated rings. The Morgan fingerprint density at radius 1 is 1.90 bits per heavy atom. The Morgan fingerprint density at radius 2 is 2.40 bits per heavy atom. The van der Waals surface area contributed by atoms with Gasteiger partial charge in [0.1, 0.15) is 0 Å². The third kappa shape index (κ3) is 3.10. The van der Waals surface area contributed by atoms with Crippen LogP contribution in [0.15, 0.2) is 0 Å². The summed E-state index contributed by atoms with van der Waals surface area (Å²) in [7, 11) is 1.55. The average Bonchev–Trinajstić information content (AvgIpc) is 1.85. The number of terminal acetylenes is 1. The summed E-state index contributed by atoms with van der Waals surface area (Å²) in [4.78, 5) is 11.9. The molecule has 3 heteroatoms. The second-order valence-corrected chi connectivity index (χ2v) is 2.18. The van der Waals surface area contributed by atoms with Crippen LogP contribution in [0, 0.1) is 12.3 Å². The molecule has 56 valence electrons. The molecule has 3 nitrogen and oxygen atoms in total. The number of hydrogen-bond acceptors (Lipinski definition) is 2. The van der Waals surface area contributed by atoms with E-state index in [4.69, 9.17) is 11.5 Å². The minimum atomic E-state index is -0.526. The van der Waals surface area contributed by atoms with Crippen molar-refractivity contribution in [3.8, 4) is 12.3 Å². The number of hydrogen-bond donors (Lipinski definition) is 1. The van der Waals surface area contributed by atoms with Crippen LogP contribution in [0.4, 0.5) is 0 Å². The summed E-state index contributed by atoms with van der Waals surface area (Å²) < 4.78 is 0. The molecule has 0 aliphatic heterocycles. The summed E-state index contributed by atoms with van der Waals surface area (Å²) in [6.07, 6.45) is 4.30. The Kier molecular flexibility index (Phi) is 3.52. The van der Waals surface area contributed by atoms with Gasteiger partial charge < -0.3 is 10.0 Å². The minimum absolute atomic E-state index is 0.281. The highest BCUT2D eigenvalue weighted by atomic mass is 16.3. The van der Waals surface area contributed by atoms with Crippen molar-refractivity contribution in [2.24, 2.45) is 0 Å².